The molecule has 3 nitrogen and oxygen atoms in total. The van der Waals surface area contributed by atoms with Gasteiger partial charge in [0.1, 0.15) is 0 Å². The maximum Gasteiger partial charge on any atom is 0.204 e. The lowest BCUT2D eigenvalue weighted by molar-refractivity contribution is 1.24. The van der Waals surface area contributed by atoms with Gasteiger partial charge in [0.25, 0.3) is 0 Å². The van der Waals surface area contributed by atoms with E-state index in [9.17, 15) is 0 Å². The molecule has 0 spiro atoms. The van der Waals surface area contributed by atoms with Gasteiger partial charge in [0.05, 0.1) is 0 Å². The number of imidazole rings is 1. The van der Waals surface area contributed by atoms with E-state index in [0.717, 1.165) is 21.8 Å². The zero-order valence-corrected chi connectivity index (χ0v) is 10.2. The topological polar surface area (TPSA) is 40.7 Å². The number of H-pyrrole nitrogens is 1. The molecule has 0 bridgehead atoms. The fourth-order valence-corrected chi connectivity index (χ4v) is 2.03. The first-order valence-corrected chi connectivity index (χ1v) is 5.48. The van der Waals surface area contributed by atoms with Gasteiger partial charge < -0.3 is 10.3 Å². The summed E-state index contributed by atoms with van der Waals surface area (Å²) in [7, 11) is 0. The van der Waals surface area contributed by atoms with E-state index in [0.29, 0.717) is 0 Å². The monoisotopic (exact) mass is 265 g/mol. The molecule has 1 aromatic heterocycles. The third-order valence-corrected chi connectivity index (χ3v) is 2.47. The largest absolute Gasteiger partial charge is 0.328 e. The van der Waals surface area contributed by atoms with Gasteiger partial charge in [-0.2, -0.15) is 0 Å². The molecule has 1 aromatic carbocycles. The van der Waals surface area contributed by atoms with Crippen LogP contribution in [0, 0.1) is 13.8 Å². The number of rotatable bonds is 2. The second-order valence-corrected chi connectivity index (χ2v) is 4.47. The van der Waals surface area contributed by atoms with Gasteiger partial charge in [-0.15, -0.1) is 0 Å². The van der Waals surface area contributed by atoms with E-state index in [-0.39, 0.29) is 0 Å². The molecule has 15 heavy (non-hydrogen) atoms. The van der Waals surface area contributed by atoms with Crippen molar-refractivity contribution in [3.05, 3.63) is 40.1 Å². The zero-order chi connectivity index (χ0) is 10.8. The summed E-state index contributed by atoms with van der Waals surface area (Å²) in [6.45, 7) is 4.04. The fourth-order valence-electron chi connectivity index (χ4n) is 1.42. The van der Waals surface area contributed by atoms with Crippen LogP contribution in [0.3, 0.4) is 0 Å². The molecule has 0 amide bonds. The second kappa shape index (κ2) is 4.06. The Balaban J connectivity index is 2.24. The molecule has 0 saturated heterocycles. The van der Waals surface area contributed by atoms with Gasteiger partial charge >= 0.3 is 0 Å². The standard InChI is InChI=1S/C11H12BrN3/c1-7-3-9(12)5-10(4-7)15-11-13-6-8(2)14-11/h3-6H,1-2H3,(H2,13,14,15). The molecule has 0 saturated carbocycles. The highest BCUT2D eigenvalue weighted by molar-refractivity contribution is 9.10. The van der Waals surface area contributed by atoms with Crippen molar-refractivity contribution >= 4 is 27.6 Å². The number of benzene rings is 1. The van der Waals surface area contributed by atoms with Crippen molar-refractivity contribution in [2.45, 2.75) is 13.8 Å². The van der Waals surface area contributed by atoms with E-state index in [1.165, 1.54) is 5.56 Å². The number of nitrogens with one attached hydrogen (secondary N) is 2. The lowest BCUT2D eigenvalue weighted by Gasteiger charge is -2.04. The molecular weight excluding hydrogens is 254 g/mol. The zero-order valence-electron chi connectivity index (χ0n) is 8.63. The van der Waals surface area contributed by atoms with Crippen LogP contribution in [0.4, 0.5) is 11.6 Å². The molecule has 1 heterocycles. The Kier molecular flexibility index (Phi) is 2.77. The van der Waals surface area contributed by atoms with Crippen molar-refractivity contribution in [3.8, 4) is 0 Å². The molecule has 2 N–H and O–H groups in total. The number of aryl methyl sites for hydroxylation is 2. The minimum atomic E-state index is 0.769. The van der Waals surface area contributed by atoms with Crippen LogP contribution in [0.1, 0.15) is 11.3 Å². The van der Waals surface area contributed by atoms with Gasteiger partial charge in [-0.05, 0) is 37.6 Å². The van der Waals surface area contributed by atoms with Crippen LogP contribution in [-0.4, -0.2) is 9.97 Å². The Morgan fingerprint density at radius 2 is 2.07 bits per heavy atom. The molecule has 0 aliphatic rings. The summed E-state index contributed by atoms with van der Waals surface area (Å²) in [5, 5.41) is 3.21. The smallest absolute Gasteiger partial charge is 0.204 e. The van der Waals surface area contributed by atoms with Crippen molar-refractivity contribution in [2.75, 3.05) is 5.32 Å². The van der Waals surface area contributed by atoms with Crippen LogP contribution >= 0.6 is 15.9 Å². The molecule has 2 aromatic rings. The third kappa shape index (κ3) is 2.59. The van der Waals surface area contributed by atoms with Crippen molar-refractivity contribution in [2.24, 2.45) is 0 Å². The molecule has 0 fully saturated rings. The van der Waals surface area contributed by atoms with Crippen molar-refractivity contribution in [1.82, 2.24) is 9.97 Å². The van der Waals surface area contributed by atoms with E-state index < -0.39 is 0 Å². The fraction of sp³-hybridized carbons (Fsp3) is 0.182. The van der Waals surface area contributed by atoms with E-state index in [2.05, 4.69) is 50.3 Å². The van der Waals surface area contributed by atoms with Crippen LogP contribution in [0.2, 0.25) is 0 Å². The summed E-state index contributed by atoms with van der Waals surface area (Å²) < 4.78 is 1.06. The average molecular weight is 266 g/mol. The maximum absolute atomic E-state index is 4.19. The molecule has 4 heteroatoms. The van der Waals surface area contributed by atoms with Crippen molar-refractivity contribution < 1.29 is 0 Å². The average Bonchev–Trinajstić information content (AvgIpc) is 2.49. The van der Waals surface area contributed by atoms with Crippen LogP contribution in [0.25, 0.3) is 0 Å². The number of anilines is 2. The highest BCUT2D eigenvalue weighted by atomic mass is 79.9. The Hall–Kier alpha value is -1.29. The van der Waals surface area contributed by atoms with E-state index in [1.54, 1.807) is 6.20 Å². The highest BCUT2D eigenvalue weighted by Crippen LogP contribution is 2.21. The second-order valence-electron chi connectivity index (χ2n) is 3.56. The predicted octanol–water partition coefficient (Wildman–Crippen LogP) is 3.53. The van der Waals surface area contributed by atoms with E-state index in [4.69, 9.17) is 0 Å². The number of hydrogen-bond donors (Lipinski definition) is 2. The summed E-state index contributed by atoms with van der Waals surface area (Å²) in [5.41, 5.74) is 3.27. The van der Waals surface area contributed by atoms with Gasteiger partial charge in [-0.3, -0.25) is 0 Å². The Morgan fingerprint density at radius 1 is 1.27 bits per heavy atom. The minimum absolute atomic E-state index is 0.769. The summed E-state index contributed by atoms with van der Waals surface area (Å²) in [6, 6.07) is 6.16. The van der Waals surface area contributed by atoms with Crippen LogP contribution in [0.15, 0.2) is 28.9 Å². The lowest BCUT2D eigenvalue weighted by Crippen LogP contribution is -1.92. The Bertz CT molecular complexity index is 456. The van der Waals surface area contributed by atoms with Crippen molar-refractivity contribution in [1.29, 1.82) is 0 Å². The highest BCUT2D eigenvalue weighted by Gasteiger charge is 1.99. The van der Waals surface area contributed by atoms with Crippen LogP contribution < -0.4 is 5.32 Å². The van der Waals surface area contributed by atoms with Gasteiger partial charge in [-0.1, -0.05) is 15.9 Å². The van der Waals surface area contributed by atoms with Crippen LogP contribution in [0.5, 0.6) is 0 Å². The number of aromatic nitrogens is 2. The third-order valence-electron chi connectivity index (χ3n) is 2.01. The summed E-state index contributed by atoms with van der Waals surface area (Å²) >= 11 is 3.46. The molecular formula is C11H12BrN3. The predicted molar refractivity (Wildman–Crippen MR) is 65.5 cm³/mol. The Morgan fingerprint density at radius 3 is 2.67 bits per heavy atom. The first kappa shape index (κ1) is 10.2. The van der Waals surface area contributed by atoms with E-state index >= 15 is 0 Å². The normalized spacial score (nSPS) is 10.3. The molecule has 2 rings (SSSR count). The number of hydrogen-bond acceptors (Lipinski definition) is 2. The first-order valence-electron chi connectivity index (χ1n) is 4.69. The lowest BCUT2D eigenvalue weighted by atomic mass is 10.2. The van der Waals surface area contributed by atoms with Gasteiger partial charge in [-0.25, -0.2) is 4.98 Å². The quantitative estimate of drug-likeness (QED) is 0.872. The number of halogens is 1. The summed E-state index contributed by atoms with van der Waals surface area (Å²) in [6.07, 6.45) is 1.80. The van der Waals surface area contributed by atoms with E-state index in [1.807, 2.05) is 13.0 Å². The van der Waals surface area contributed by atoms with Gasteiger partial charge in [0.15, 0.2) is 0 Å². The van der Waals surface area contributed by atoms with Crippen molar-refractivity contribution in [3.63, 3.8) is 0 Å². The van der Waals surface area contributed by atoms with Gasteiger partial charge in [0.2, 0.25) is 5.95 Å². The molecule has 0 radical (unpaired) electrons. The maximum atomic E-state index is 4.19. The van der Waals surface area contributed by atoms with Crippen LogP contribution in [-0.2, 0) is 0 Å². The number of nitrogens with zero attached hydrogens (tertiary/aromatic N) is 1. The molecule has 0 atom stereocenters. The molecule has 0 aliphatic heterocycles. The molecule has 0 aliphatic carbocycles. The number of aromatic amines is 1. The minimum Gasteiger partial charge on any atom is -0.328 e. The SMILES string of the molecule is Cc1cc(Br)cc(Nc2ncc(C)[nH]2)c1. The van der Waals surface area contributed by atoms with Gasteiger partial charge in [0, 0.05) is 22.1 Å². The summed E-state index contributed by atoms with van der Waals surface area (Å²) in [4.78, 5) is 7.31. The molecule has 0 unspecified atom stereocenters. The molecule has 78 valence electrons. The first-order chi connectivity index (χ1) is 7.13. The summed E-state index contributed by atoms with van der Waals surface area (Å²) in [5.74, 6) is 0.769. The Labute approximate surface area is 97.1 Å².